The van der Waals surface area contributed by atoms with Gasteiger partial charge in [-0.15, -0.1) is 0 Å². The Kier molecular flexibility index (Phi) is 2.74. The van der Waals surface area contributed by atoms with Crippen molar-refractivity contribution < 1.29 is 0 Å². The summed E-state index contributed by atoms with van der Waals surface area (Å²) in [6, 6.07) is 22.2. The first kappa shape index (κ1) is 12.2. The number of benzene rings is 2. The van der Waals surface area contributed by atoms with E-state index in [0.717, 1.165) is 23.1 Å². The maximum Gasteiger partial charge on any atom is 0.0708 e. The van der Waals surface area contributed by atoms with E-state index in [2.05, 4.69) is 71.1 Å². The number of nitrogens with zero attached hydrogens (tertiary/aromatic N) is 2. The van der Waals surface area contributed by atoms with Gasteiger partial charge >= 0.3 is 0 Å². The summed E-state index contributed by atoms with van der Waals surface area (Å²) >= 11 is 0. The molecule has 21 heavy (non-hydrogen) atoms. The zero-order chi connectivity index (χ0) is 14.2. The van der Waals surface area contributed by atoms with E-state index in [0.29, 0.717) is 0 Å². The van der Waals surface area contributed by atoms with Crippen molar-refractivity contribution in [2.75, 3.05) is 0 Å². The van der Waals surface area contributed by atoms with E-state index >= 15 is 0 Å². The van der Waals surface area contributed by atoms with Gasteiger partial charge in [0.05, 0.1) is 5.52 Å². The van der Waals surface area contributed by atoms with Crippen LogP contribution in [0.1, 0.15) is 11.3 Å². The van der Waals surface area contributed by atoms with Crippen LogP contribution in [0.15, 0.2) is 60.8 Å². The Morgan fingerprint density at radius 1 is 1.05 bits per heavy atom. The highest BCUT2D eigenvalue weighted by Gasteiger charge is 2.06. The molecule has 101 valence electrons. The highest BCUT2D eigenvalue weighted by molar-refractivity contribution is 5.83. The maximum atomic E-state index is 4.61. The molecule has 0 bridgehead atoms. The fourth-order valence-corrected chi connectivity index (χ4v) is 2.90. The Hall–Kier alpha value is -2.61. The summed E-state index contributed by atoms with van der Waals surface area (Å²) < 4.78 is 2.25. The minimum atomic E-state index is 0.841. The largest absolute Gasteiger partial charge is 0.342 e. The van der Waals surface area contributed by atoms with E-state index in [1.54, 1.807) is 0 Å². The smallest absolute Gasteiger partial charge is 0.0708 e. The third-order valence-corrected chi connectivity index (χ3v) is 3.86. The third kappa shape index (κ3) is 2.09. The van der Waals surface area contributed by atoms with E-state index in [4.69, 9.17) is 0 Å². The van der Waals surface area contributed by atoms with Gasteiger partial charge in [-0.2, -0.15) is 0 Å². The van der Waals surface area contributed by atoms with E-state index < -0.39 is 0 Å². The molecular formula is C19H15N2. The molecule has 2 aromatic heterocycles. The lowest BCUT2D eigenvalue weighted by Crippen LogP contribution is -2.00. The van der Waals surface area contributed by atoms with Crippen LogP contribution < -0.4 is 0 Å². The van der Waals surface area contributed by atoms with Gasteiger partial charge in [-0.3, -0.25) is 4.98 Å². The van der Waals surface area contributed by atoms with Gasteiger partial charge in [0.2, 0.25) is 0 Å². The number of hydrogen-bond acceptors (Lipinski definition) is 1. The maximum absolute atomic E-state index is 4.61. The molecule has 0 aliphatic rings. The number of para-hydroxylation sites is 2. The summed E-state index contributed by atoms with van der Waals surface area (Å²) in [6.07, 6.45) is 2.04. The van der Waals surface area contributed by atoms with Gasteiger partial charge in [0.15, 0.2) is 0 Å². The van der Waals surface area contributed by atoms with Crippen LogP contribution in [0.4, 0.5) is 0 Å². The van der Waals surface area contributed by atoms with Crippen LogP contribution in [-0.2, 0) is 6.54 Å². The summed E-state index contributed by atoms with van der Waals surface area (Å²) in [5, 5.41) is 2.38. The normalized spacial score (nSPS) is 11.3. The minimum Gasteiger partial charge on any atom is -0.342 e. The summed E-state index contributed by atoms with van der Waals surface area (Å²) in [4.78, 5) is 4.61. The first-order valence-electron chi connectivity index (χ1n) is 7.12. The average molecular weight is 271 g/mol. The van der Waals surface area contributed by atoms with E-state index in [9.17, 15) is 0 Å². The number of hydrogen-bond donors (Lipinski definition) is 0. The van der Waals surface area contributed by atoms with Crippen molar-refractivity contribution in [3.63, 3.8) is 0 Å². The average Bonchev–Trinajstić information content (AvgIpc) is 2.90. The molecular weight excluding hydrogens is 256 g/mol. The highest BCUT2D eigenvalue weighted by Crippen LogP contribution is 2.22. The second-order valence-electron chi connectivity index (χ2n) is 5.36. The lowest BCUT2D eigenvalue weighted by atomic mass is 10.1. The van der Waals surface area contributed by atoms with E-state index in [1.165, 1.54) is 16.5 Å². The van der Waals surface area contributed by atoms with Crippen molar-refractivity contribution in [2.24, 2.45) is 0 Å². The molecule has 0 saturated heterocycles. The Balaban J connectivity index is 1.87. The van der Waals surface area contributed by atoms with Crippen molar-refractivity contribution in [3.05, 3.63) is 78.1 Å². The van der Waals surface area contributed by atoms with Crippen LogP contribution in [0.5, 0.6) is 0 Å². The number of pyridine rings is 1. The summed E-state index contributed by atoms with van der Waals surface area (Å²) in [5.41, 5.74) is 4.64. The van der Waals surface area contributed by atoms with Crippen LogP contribution in [0.3, 0.4) is 0 Å². The molecule has 2 heteroatoms. The van der Waals surface area contributed by atoms with Gasteiger partial charge in [0.1, 0.15) is 0 Å². The summed E-state index contributed by atoms with van der Waals surface area (Å²) in [7, 11) is 0. The lowest BCUT2D eigenvalue weighted by molar-refractivity contribution is 0.840. The molecule has 2 heterocycles. The SMILES string of the molecule is Cc1cc(Cn2c[c]c3ccccc32)c2ccccc2n1. The molecule has 0 aliphatic carbocycles. The van der Waals surface area contributed by atoms with Gasteiger partial charge in [0.25, 0.3) is 0 Å². The summed E-state index contributed by atoms with van der Waals surface area (Å²) in [6.45, 7) is 2.89. The standard InChI is InChI=1S/C19H15N2/c1-14-12-16(17-7-3-4-8-18(17)20-14)13-21-11-10-15-6-2-5-9-19(15)21/h2-9,11-12H,13H2,1H3. The monoisotopic (exact) mass is 271 g/mol. The quantitative estimate of drug-likeness (QED) is 0.530. The topological polar surface area (TPSA) is 17.8 Å². The van der Waals surface area contributed by atoms with Crippen LogP contribution in [0.2, 0.25) is 0 Å². The molecule has 4 aromatic rings. The number of aromatic nitrogens is 2. The van der Waals surface area contributed by atoms with Gasteiger partial charge in [0, 0.05) is 40.8 Å². The number of aryl methyl sites for hydroxylation is 1. The van der Waals surface area contributed by atoms with Crippen molar-refractivity contribution in [1.29, 1.82) is 0 Å². The predicted octanol–water partition coefficient (Wildman–Crippen LogP) is 4.35. The van der Waals surface area contributed by atoms with Gasteiger partial charge in [-0.25, -0.2) is 0 Å². The molecule has 0 N–H and O–H groups in total. The van der Waals surface area contributed by atoms with E-state index in [-0.39, 0.29) is 0 Å². The second kappa shape index (κ2) is 4.74. The van der Waals surface area contributed by atoms with Crippen LogP contribution in [-0.4, -0.2) is 9.55 Å². The Labute approximate surface area is 123 Å². The molecule has 0 spiro atoms. The van der Waals surface area contributed by atoms with Crippen LogP contribution in [0, 0.1) is 13.0 Å². The minimum absolute atomic E-state index is 0.841. The molecule has 4 rings (SSSR count). The molecule has 0 aliphatic heterocycles. The number of fused-ring (bicyclic) bond motifs is 2. The Morgan fingerprint density at radius 3 is 2.81 bits per heavy atom. The highest BCUT2D eigenvalue weighted by atomic mass is 14.9. The molecule has 0 saturated carbocycles. The Bertz CT molecular complexity index is 935. The fourth-order valence-electron chi connectivity index (χ4n) is 2.90. The van der Waals surface area contributed by atoms with Crippen LogP contribution in [0.25, 0.3) is 21.8 Å². The third-order valence-electron chi connectivity index (χ3n) is 3.86. The van der Waals surface area contributed by atoms with Gasteiger partial charge < -0.3 is 4.57 Å². The first-order valence-corrected chi connectivity index (χ1v) is 7.12. The Morgan fingerprint density at radius 2 is 1.86 bits per heavy atom. The molecule has 0 fully saturated rings. The number of rotatable bonds is 2. The van der Waals surface area contributed by atoms with Gasteiger partial charge in [-0.05, 0) is 30.7 Å². The fraction of sp³-hybridized carbons (Fsp3) is 0.105. The van der Waals surface area contributed by atoms with Crippen molar-refractivity contribution in [1.82, 2.24) is 9.55 Å². The lowest BCUT2D eigenvalue weighted by Gasteiger charge is -2.10. The van der Waals surface area contributed by atoms with Gasteiger partial charge in [-0.1, -0.05) is 36.4 Å². The predicted molar refractivity (Wildman–Crippen MR) is 86.4 cm³/mol. The van der Waals surface area contributed by atoms with Crippen molar-refractivity contribution in [3.8, 4) is 0 Å². The van der Waals surface area contributed by atoms with Crippen molar-refractivity contribution >= 4 is 21.8 Å². The second-order valence-corrected chi connectivity index (χ2v) is 5.36. The van der Waals surface area contributed by atoms with Crippen LogP contribution >= 0.6 is 0 Å². The molecule has 0 atom stereocenters. The molecule has 2 aromatic carbocycles. The molecule has 0 amide bonds. The molecule has 0 unspecified atom stereocenters. The van der Waals surface area contributed by atoms with Crippen molar-refractivity contribution in [2.45, 2.75) is 13.5 Å². The molecule has 1 radical (unpaired) electrons. The summed E-state index contributed by atoms with van der Waals surface area (Å²) in [5.74, 6) is 0. The zero-order valence-electron chi connectivity index (χ0n) is 11.9. The first-order chi connectivity index (χ1) is 10.3. The zero-order valence-corrected chi connectivity index (χ0v) is 11.9. The van der Waals surface area contributed by atoms with E-state index in [1.807, 2.05) is 12.3 Å². The molecule has 2 nitrogen and oxygen atoms in total.